The maximum atomic E-state index is 13.5. The lowest BCUT2D eigenvalue weighted by molar-refractivity contribution is 0.109. The number of aliphatic hydroxyl groups is 2. The summed E-state index contributed by atoms with van der Waals surface area (Å²) in [6.45, 7) is -1.36. The molecule has 0 saturated carbocycles. The Bertz CT molecular complexity index is 5610. The Morgan fingerprint density at radius 2 is 0.954 bits per heavy atom. The molecule has 30 heteroatoms. The third-order valence-corrected chi connectivity index (χ3v) is 15.9. The number of nitrogens with zero attached hydrogens (tertiary/aromatic N) is 6. The summed E-state index contributed by atoms with van der Waals surface area (Å²) < 4.78 is 121. The van der Waals surface area contributed by atoms with E-state index in [1.54, 1.807) is 69.3 Å². The second kappa shape index (κ2) is 43.0. The number of benzene rings is 9. The number of aldehydes is 2. The first-order chi connectivity index (χ1) is 54.3. The molecule has 14 rings (SSSR count). The van der Waals surface area contributed by atoms with Gasteiger partial charge < -0.3 is 59.3 Å². The van der Waals surface area contributed by atoms with E-state index in [2.05, 4.69) is 90.4 Å². The molecule has 553 valence electrons. The van der Waals surface area contributed by atoms with Gasteiger partial charge in [0.2, 0.25) is 0 Å². The van der Waals surface area contributed by atoms with E-state index in [1.807, 2.05) is 54.6 Å². The Morgan fingerprint density at radius 1 is 0.537 bits per heavy atom. The number of hydrogen-bond acceptors (Lipinski definition) is 20. The van der Waals surface area contributed by atoms with Crippen molar-refractivity contribution in [2.75, 3.05) is 23.0 Å². The summed E-state index contributed by atoms with van der Waals surface area (Å²) in [5, 5.41) is 33.7. The predicted octanol–water partition coefficient (Wildman–Crippen LogP) is 20.1. The fourth-order valence-corrected chi connectivity index (χ4v) is 10.6. The number of anilines is 5. The van der Waals surface area contributed by atoms with Gasteiger partial charge >= 0.3 is 7.69 Å². The van der Waals surface area contributed by atoms with E-state index in [0.717, 1.165) is 52.7 Å². The number of nitrogens with one attached hydrogen (secondary N) is 2. The summed E-state index contributed by atoms with van der Waals surface area (Å²) in [5.41, 5.74) is 10.5. The van der Waals surface area contributed by atoms with Crippen molar-refractivity contribution < 1.29 is 73.9 Å². The minimum absolute atomic E-state index is 0.0286. The zero-order chi connectivity index (χ0) is 82.9. The van der Waals surface area contributed by atoms with Gasteiger partial charge in [-0.1, -0.05) is 82.8 Å². The third kappa shape index (κ3) is 26.7. The summed E-state index contributed by atoms with van der Waals surface area (Å²) >= 11 is 28.9. The fraction of sp³-hybridized carbons (Fsp3) is 0.103. The number of fused-ring (bicyclic) bond motifs is 3. The van der Waals surface area contributed by atoms with Crippen molar-refractivity contribution in [1.82, 2.24) is 29.9 Å². The number of carbonyl (C=O) groups is 2. The smallest absolute Gasteiger partial charge is 0.510 e. The molecule has 5 aromatic heterocycles. The maximum Gasteiger partial charge on any atom is 0.571 e. The number of nitrogens with two attached hydrogens (primary N) is 1. The van der Waals surface area contributed by atoms with Crippen molar-refractivity contribution in [3.8, 4) is 34.5 Å². The van der Waals surface area contributed by atoms with Crippen LogP contribution >= 0.6 is 91.6 Å². The van der Waals surface area contributed by atoms with Gasteiger partial charge in [0.15, 0.2) is 24.1 Å². The number of ether oxygens (including phenoxy) is 3. The number of rotatable bonds is 18. The lowest BCUT2D eigenvalue weighted by Crippen LogP contribution is -1.98. The second-order valence-electron chi connectivity index (χ2n) is 21.8. The van der Waals surface area contributed by atoms with Gasteiger partial charge in [0.1, 0.15) is 95.9 Å². The standard InChI is InChI=1S/C26H17ClFN3O3.C21H14ClFIN3O.C13H11ClFNO.C8H4ClIN2.C5H4BO4.C3H8O.C2H6O/c27-22-12-19(5-8-25(22)33-14-16-2-1-3-18(28)10-16)31-26-21-11-17(4-7-23(21)29-15-30-26)24-9-6-20(13-32)34-24;22-18-10-16(5-7-20(18)28-11-13-2-1-3-14(23)8-13)27-21-17-9-15(24)4-6-19(17)25-12-26-21;14-12-7-11(16)4-5-13(12)17-8-9-2-1-3-10(15)6-9;9-8-6-3-5(10)1-2-7(6)11-4-12-8;7-3-4-1-2-5(9-4)10-6-8;1-3(2)4;1-2-3/h1-13,15H,14H2,(H,29,30,31);1-10,12H,11H2,(H,25,26,27);1-7H,8,16H2;1-4H;1-3,8H;3-4H,1-2H3;3H,2H2,1H3/i14D2;11D2;8D2;;;;. The molecule has 0 spiro atoms. The highest BCUT2D eigenvalue weighted by molar-refractivity contribution is 14.1. The molecule has 0 aliphatic rings. The molecule has 7 N–H and O–H groups in total. The highest BCUT2D eigenvalue weighted by atomic mass is 127. The van der Waals surface area contributed by atoms with E-state index in [-0.39, 0.29) is 79.2 Å². The lowest BCUT2D eigenvalue weighted by atomic mass is 10.1. The van der Waals surface area contributed by atoms with Crippen LogP contribution in [-0.4, -0.2) is 78.1 Å². The average molecular weight is 1770 g/mol. The zero-order valence-electron chi connectivity index (χ0n) is 62.6. The minimum Gasteiger partial charge on any atom is -0.510 e. The van der Waals surface area contributed by atoms with Crippen molar-refractivity contribution in [3.05, 3.63) is 298 Å². The maximum absolute atomic E-state index is 13.5. The fourth-order valence-electron chi connectivity index (χ4n) is 8.71. The Hall–Kier alpha value is -10.1. The first-order valence-electron chi connectivity index (χ1n) is 34.6. The van der Waals surface area contributed by atoms with Crippen molar-refractivity contribution >= 4 is 173 Å². The first kappa shape index (κ1) is 74.7. The Kier molecular flexibility index (Phi) is 29.7. The summed E-state index contributed by atoms with van der Waals surface area (Å²) in [6, 6.07) is 53.0. The molecule has 0 aliphatic carbocycles. The van der Waals surface area contributed by atoms with Crippen LogP contribution in [-0.2, 0) is 19.7 Å². The van der Waals surface area contributed by atoms with Gasteiger partial charge in [-0.2, -0.15) is 0 Å². The SMILES string of the molecule is CC(C)O.CCO.Clc1ncnc2ccc(I)cc12.O=Cc1ccc(O[B]O)o1.[2H]C([2H])(Oc1ccc(N)cc1Cl)c1cccc(F)c1.[2H]C([2H])(Oc1ccc(Nc2ncnc3ccc(-c4ccc(C=O)o4)cc23)cc1Cl)c1cccc(F)c1.[2H]C([2H])(Oc1ccc(Nc2ncnc3ccc(I)cc23)cc1Cl)c1cccc(F)c1. The second-order valence-corrected chi connectivity index (χ2v) is 25.8. The first-order valence-corrected chi connectivity index (χ1v) is 35.2. The topological polar surface area (TPSA) is 285 Å². The van der Waals surface area contributed by atoms with Crippen LogP contribution in [0, 0.1) is 24.6 Å². The number of carbonyl (C=O) groups excluding carboxylic acids is 2. The number of aliphatic hydroxyl groups excluding tert-OH is 2. The van der Waals surface area contributed by atoms with Crippen LogP contribution in [0.15, 0.2) is 234 Å². The van der Waals surface area contributed by atoms with E-state index >= 15 is 0 Å². The quantitative estimate of drug-likeness (QED) is 0.0153. The molecular formula is C78H64BCl4F3I2N9O11. The van der Waals surface area contributed by atoms with E-state index in [1.165, 1.54) is 104 Å². The number of furan rings is 2. The molecule has 1 radical (unpaired) electrons. The van der Waals surface area contributed by atoms with Gasteiger partial charge in [-0.3, -0.25) is 9.59 Å². The Balaban J connectivity index is 0.000000186. The van der Waals surface area contributed by atoms with Crippen LogP contribution in [0.3, 0.4) is 0 Å². The molecule has 0 bridgehead atoms. The summed E-state index contributed by atoms with van der Waals surface area (Å²) in [6.07, 6.45) is 5.39. The molecule has 108 heavy (non-hydrogen) atoms. The van der Waals surface area contributed by atoms with Crippen LogP contribution in [0.5, 0.6) is 23.2 Å². The number of hydrogen-bond donors (Lipinski definition) is 6. The monoisotopic (exact) mass is 1770 g/mol. The van der Waals surface area contributed by atoms with Gasteiger partial charge in [-0.05, 0) is 246 Å². The van der Waals surface area contributed by atoms with E-state index < -0.39 is 37.1 Å². The molecule has 0 amide bonds. The van der Waals surface area contributed by atoms with Crippen molar-refractivity contribution in [2.45, 2.75) is 46.6 Å². The largest absolute Gasteiger partial charge is 0.571 e. The predicted molar refractivity (Wildman–Crippen MR) is 432 cm³/mol. The summed E-state index contributed by atoms with van der Waals surface area (Å²) in [7, 11) is 0.480. The Labute approximate surface area is 674 Å². The van der Waals surface area contributed by atoms with Crippen LogP contribution in [0.25, 0.3) is 44.0 Å². The van der Waals surface area contributed by atoms with E-state index in [4.69, 9.17) is 98.6 Å². The normalized spacial score (nSPS) is 11.6. The van der Waals surface area contributed by atoms with Crippen molar-refractivity contribution in [2.24, 2.45) is 0 Å². The molecule has 0 fully saturated rings. The van der Waals surface area contributed by atoms with E-state index in [0.29, 0.717) is 70.8 Å². The summed E-state index contributed by atoms with van der Waals surface area (Å²) in [5.74, 6) is 0.868. The molecule has 0 atom stereocenters. The number of nitrogen functional groups attached to an aromatic ring is 1. The molecular weight excluding hydrogens is 1700 g/mol. The molecule has 0 unspecified atom stereocenters. The molecule has 9 aromatic carbocycles. The van der Waals surface area contributed by atoms with Gasteiger partial charge in [0.05, 0.1) is 39.8 Å². The molecule has 14 aromatic rings. The highest BCUT2D eigenvalue weighted by Gasteiger charge is 2.14. The highest BCUT2D eigenvalue weighted by Crippen LogP contribution is 2.35. The van der Waals surface area contributed by atoms with Gasteiger partial charge in [0, 0.05) is 64.7 Å². The third-order valence-electron chi connectivity index (χ3n) is 13.4. The minimum atomic E-state index is -2.30. The molecule has 5 heterocycles. The molecule has 20 nitrogen and oxygen atoms in total. The van der Waals surface area contributed by atoms with Crippen LogP contribution in [0.1, 0.15) is 66.8 Å². The van der Waals surface area contributed by atoms with Crippen LogP contribution < -0.4 is 35.2 Å². The Morgan fingerprint density at radius 3 is 1.39 bits per heavy atom. The van der Waals surface area contributed by atoms with Crippen molar-refractivity contribution in [1.29, 1.82) is 0 Å². The summed E-state index contributed by atoms with van der Waals surface area (Å²) in [4.78, 5) is 46.1. The van der Waals surface area contributed by atoms with Crippen LogP contribution in [0.4, 0.5) is 41.9 Å². The number of halogens is 9. The van der Waals surface area contributed by atoms with E-state index in [9.17, 15) is 22.8 Å². The zero-order valence-corrected chi connectivity index (χ0v) is 64.0. The molecule has 0 saturated heterocycles. The van der Waals surface area contributed by atoms with Gasteiger partial charge in [-0.25, -0.2) is 43.1 Å². The van der Waals surface area contributed by atoms with Crippen LogP contribution in [0.2, 0.25) is 20.2 Å². The van der Waals surface area contributed by atoms with Gasteiger partial charge in [-0.15, -0.1) is 0 Å². The molecule has 0 aliphatic heterocycles. The number of aromatic nitrogens is 6. The van der Waals surface area contributed by atoms with Crippen molar-refractivity contribution in [3.63, 3.8) is 0 Å². The van der Waals surface area contributed by atoms with Gasteiger partial charge in [0.25, 0.3) is 5.95 Å². The lowest BCUT2D eigenvalue weighted by Gasteiger charge is -2.12. The average Bonchev–Trinajstić information content (AvgIpc) is 1.29.